The molecule has 1 aromatic heterocycles. The Morgan fingerprint density at radius 1 is 1.07 bits per heavy atom. The SMILES string of the molecule is C[C@H](N)C(=O)NCC(=O)N[C@@H](CCC(N)=O)C(=O)NCC(=O)NCCc1cnc[nH]1. The lowest BCUT2D eigenvalue weighted by Gasteiger charge is -2.18. The third-order valence-electron chi connectivity index (χ3n) is 3.86. The maximum absolute atomic E-state index is 12.3. The molecule has 9 N–H and O–H groups in total. The minimum atomic E-state index is -1.10. The lowest BCUT2D eigenvalue weighted by atomic mass is 10.1. The second-order valence-corrected chi connectivity index (χ2v) is 6.53. The topological polar surface area (TPSA) is 214 Å². The Morgan fingerprint density at radius 3 is 2.33 bits per heavy atom. The van der Waals surface area contributed by atoms with E-state index in [0.717, 1.165) is 5.69 Å². The first-order valence-electron chi connectivity index (χ1n) is 9.31. The molecule has 30 heavy (non-hydrogen) atoms. The summed E-state index contributed by atoms with van der Waals surface area (Å²) < 4.78 is 0. The number of carbonyl (C=O) groups excluding carboxylic acids is 5. The summed E-state index contributed by atoms with van der Waals surface area (Å²) in [5, 5.41) is 9.72. The van der Waals surface area contributed by atoms with E-state index >= 15 is 0 Å². The Bertz CT molecular complexity index is 735. The van der Waals surface area contributed by atoms with Gasteiger partial charge < -0.3 is 37.7 Å². The highest BCUT2D eigenvalue weighted by atomic mass is 16.2. The molecule has 5 amide bonds. The number of nitrogens with one attached hydrogen (secondary N) is 5. The molecular formula is C17H28N8O5. The maximum atomic E-state index is 12.3. The molecule has 0 aromatic carbocycles. The molecule has 166 valence electrons. The van der Waals surface area contributed by atoms with Crippen LogP contribution < -0.4 is 32.7 Å². The van der Waals surface area contributed by atoms with Crippen molar-refractivity contribution in [1.82, 2.24) is 31.2 Å². The van der Waals surface area contributed by atoms with Crippen LogP contribution in [0.1, 0.15) is 25.5 Å². The van der Waals surface area contributed by atoms with E-state index in [2.05, 4.69) is 31.2 Å². The van der Waals surface area contributed by atoms with Crippen LogP contribution in [0.5, 0.6) is 0 Å². The molecule has 13 heteroatoms. The van der Waals surface area contributed by atoms with Gasteiger partial charge in [0.1, 0.15) is 6.04 Å². The van der Waals surface area contributed by atoms with Gasteiger partial charge in [-0.1, -0.05) is 0 Å². The van der Waals surface area contributed by atoms with Crippen LogP contribution in [0.25, 0.3) is 0 Å². The van der Waals surface area contributed by atoms with Crippen molar-refractivity contribution in [3.05, 3.63) is 18.2 Å². The highest BCUT2D eigenvalue weighted by Gasteiger charge is 2.22. The fourth-order valence-corrected chi connectivity index (χ4v) is 2.24. The zero-order chi connectivity index (χ0) is 22.5. The number of aromatic amines is 1. The normalized spacial score (nSPS) is 12.3. The molecule has 1 aromatic rings. The molecule has 0 aliphatic carbocycles. The van der Waals surface area contributed by atoms with E-state index in [1.807, 2.05) is 0 Å². The standard InChI is InChI=1S/C17H28N8O5/c1-10(18)16(29)22-8-15(28)25-12(2-3-13(19)26)17(30)23-7-14(27)21-5-4-11-6-20-9-24-11/h6,9-10,12H,2-5,7-8,18H2,1H3,(H2,19,26)(H,20,24)(H,21,27)(H,22,29)(H,23,30)(H,25,28)/t10-,12-/m0/s1. The van der Waals surface area contributed by atoms with Crippen LogP contribution in [0.2, 0.25) is 0 Å². The lowest BCUT2D eigenvalue weighted by molar-refractivity contribution is -0.131. The Labute approximate surface area is 173 Å². The van der Waals surface area contributed by atoms with Crippen LogP contribution in [-0.2, 0) is 30.4 Å². The lowest BCUT2D eigenvalue weighted by Crippen LogP contribution is -2.52. The second kappa shape index (κ2) is 12.9. The summed E-state index contributed by atoms with van der Waals surface area (Å²) in [6, 6.07) is -1.89. The summed E-state index contributed by atoms with van der Waals surface area (Å²) in [5.74, 6) is -2.92. The van der Waals surface area contributed by atoms with Gasteiger partial charge in [-0.25, -0.2) is 4.98 Å². The van der Waals surface area contributed by atoms with Crippen molar-refractivity contribution in [1.29, 1.82) is 0 Å². The molecule has 0 unspecified atom stereocenters. The Morgan fingerprint density at radius 2 is 1.73 bits per heavy atom. The van der Waals surface area contributed by atoms with E-state index in [0.29, 0.717) is 13.0 Å². The maximum Gasteiger partial charge on any atom is 0.243 e. The average molecular weight is 424 g/mol. The fraction of sp³-hybridized carbons (Fsp3) is 0.529. The summed E-state index contributed by atoms with van der Waals surface area (Å²) in [4.78, 5) is 65.3. The number of primary amides is 1. The zero-order valence-electron chi connectivity index (χ0n) is 16.7. The minimum Gasteiger partial charge on any atom is -0.370 e. The molecule has 0 fully saturated rings. The average Bonchev–Trinajstić information content (AvgIpc) is 3.20. The van der Waals surface area contributed by atoms with E-state index in [1.54, 1.807) is 6.20 Å². The van der Waals surface area contributed by atoms with E-state index in [4.69, 9.17) is 11.5 Å². The van der Waals surface area contributed by atoms with Crippen LogP contribution in [0.15, 0.2) is 12.5 Å². The molecule has 0 aliphatic rings. The van der Waals surface area contributed by atoms with E-state index in [-0.39, 0.29) is 19.4 Å². The van der Waals surface area contributed by atoms with Crippen molar-refractivity contribution in [3.8, 4) is 0 Å². The number of hydrogen-bond acceptors (Lipinski definition) is 7. The Kier molecular flexibility index (Phi) is 10.5. The number of nitrogens with zero attached hydrogens (tertiary/aromatic N) is 1. The molecule has 1 heterocycles. The summed E-state index contributed by atoms with van der Waals surface area (Å²) in [7, 11) is 0. The molecule has 13 nitrogen and oxygen atoms in total. The predicted molar refractivity (Wildman–Crippen MR) is 105 cm³/mol. The number of H-pyrrole nitrogens is 1. The highest BCUT2D eigenvalue weighted by molar-refractivity contribution is 5.92. The van der Waals surface area contributed by atoms with Crippen molar-refractivity contribution in [2.45, 2.75) is 38.3 Å². The third-order valence-corrected chi connectivity index (χ3v) is 3.86. The van der Waals surface area contributed by atoms with E-state index in [9.17, 15) is 24.0 Å². The molecule has 0 spiro atoms. The quantitative estimate of drug-likeness (QED) is 0.169. The zero-order valence-corrected chi connectivity index (χ0v) is 16.7. The van der Waals surface area contributed by atoms with Gasteiger partial charge in [0.05, 0.1) is 25.5 Å². The van der Waals surface area contributed by atoms with Crippen molar-refractivity contribution < 1.29 is 24.0 Å². The summed E-state index contributed by atoms with van der Waals surface area (Å²) in [6.07, 6.45) is 3.50. The number of imidazole rings is 1. The van der Waals surface area contributed by atoms with Gasteiger partial charge in [-0.2, -0.15) is 0 Å². The molecule has 0 bridgehead atoms. The van der Waals surface area contributed by atoms with Gasteiger partial charge in [0, 0.05) is 31.3 Å². The monoisotopic (exact) mass is 424 g/mol. The van der Waals surface area contributed by atoms with E-state index < -0.39 is 48.2 Å². The van der Waals surface area contributed by atoms with Crippen molar-refractivity contribution in [2.24, 2.45) is 11.5 Å². The highest BCUT2D eigenvalue weighted by Crippen LogP contribution is 1.98. The summed E-state index contributed by atoms with van der Waals surface area (Å²) >= 11 is 0. The van der Waals surface area contributed by atoms with Gasteiger partial charge in [-0.3, -0.25) is 24.0 Å². The number of amides is 5. The smallest absolute Gasteiger partial charge is 0.243 e. The van der Waals surface area contributed by atoms with Crippen LogP contribution in [-0.4, -0.2) is 71.2 Å². The van der Waals surface area contributed by atoms with Crippen molar-refractivity contribution in [2.75, 3.05) is 19.6 Å². The number of rotatable bonds is 13. The van der Waals surface area contributed by atoms with Gasteiger partial charge in [0.25, 0.3) is 0 Å². The summed E-state index contributed by atoms with van der Waals surface area (Å²) in [6.45, 7) is 1.09. The number of nitrogens with two attached hydrogens (primary N) is 2. The van der Waals surface area contributed by atoms with E-state index in [1.165, 1.54) is 13.3 Å². The number of hydrogen-bond donors (Lipinski definition) is 7. The molecule has 2 atom stereocenters. The fourth-order valence-electron chi connectivity index (χ4n) is 2.24. The first-order chi connectivity index (χ1) is 14.2. The molecule has 1 rings (SSSR count). The van der Waals surface area contributed by atoms with Crippen LogP contribution in [0.3, 0.4) is 0 Å². The van der Waals surface area contributed by atoms with Crippen LogP contribution >= 0.6 is 0 Å². The second-order valence-electron chi connectivity index (χ2n) is 6.53. The van der Waals surface area contributed by atoms with Crippen LogP contribution in [0.4, 0.5) is 0 Å². The van der Waals surface area contributed by atoms with Crippen LogP contribution in [0, 0.1) is 0 Å². The Balaban J connectivity index is 2.45. The van der Waals surface area contributed by atoms with Gasteiger partial charge in [-0.05, 0) is 13.3 Å². The molecular weight excluding hydrogens is 396 g/mol. The van der Waals surface area contributed by atoms with Gasteiger partial charge >= 0.3 is 0 Å². The number of carbonyl (C=O) groups is 5. The summed E-state index contributed by atoms with van der Waals surface area (Å²) in [5.41, 5.74) is 11.3. The molecule has 0 aliphatic heterocycles. The third kappa shape index (κ3) is 10.2. The molecule has 0 saturated carbocycles. The van der Waals surface area contributed by atoms with Crippen molar-refractivity contribution >= 4 is 29.5 Å². The van der Waals surface area contributed by atoms with Gasteiger partial charge in [-0.15, -0.1) is 0 Å². The first-order valence-corrected chi connectivity index (χ1v) is 9.31. The molecule has 0 radical (unpaired) electrons. The van der Waals surface area contributed by atoms with Gasteiger partial charge in [0.15, 0.2) is 0 Å². The van der Waals surface area contributed by atoms with Crippen molar-refractivity contribution in [3.63, 3.8) is 0 Å². The first kappa shape index (κ1) is 24.6. The van der Waals surface area contributed by atoms with Gasteiger partial charge in [0.2, 0.25) is 29.5 Å². The largest absolute Gasteiger partial charge is 0.370 e. The minimum absolute atomic E-state index is 0.0599. The number of aromatic nitrogens is 2. The predicted octanol–water partition coefficient (Wildman–Crippen LogP) is -3.60. The Hall–Kier alpha value is -3.48. The molecule has 0 saturated heterocycles.